The number of aromatic nitrogens is 3. The van der Waals surface area contributed by atoms with Gasteiger partial charge in [-0.25, -0.2) is 9.36 Å². The maximum atomic E-state index is 14.3. The van der Waals surface area contributed by atoms with Crippen LogP contribution in [0.3, 0.4) is 0 Å². The average Bonchev–Trinajstić information content (AvgIpc) is 3.60. The van der Waals surface area contributed by atoms with E-state index in [1.807, 2.05) is 95.8 Å². The summed E-state index contributed by atoms with van der Waals surface area (Å²) in [6.07, 6.45) is 6.56. The topological polar surface area (TPSA) is 190 Å². The number of nitrogen functional groups attached to an aromatic ring is 1. The van der Waals surface area contributed by atoms with Crippen LogP contribution in [0.15, 0.2) is 119 Å². The lowest BCUT2D eigenvalue weighted by Crippen LogP contribution is -2.71. The number of carbonyl (C=O) groups excluding carboxylic acids is 3. The highest BCUT2D eigenvalue weighted by Crippen LogP contribution is 2.42. The Balaban J connectivity index is 1.27. The number of oxime groups is 1. The Labute approximate surface area is 310 Å². The van der Waals surface area contributed by atoms with Gasteiger partial charge < -0.3 is 25.7 Å². The van der Waals surface area contributed by atoms with Gasteiger partial charge in [0, 0.05) is 34.3 Å². The van der Waals surface area contributed by atoms with Gasteiger partial charge in [0.2, 0.25) is 11.5 Å². The molecule has 0 aliphatic carbocycles. The zero-order valence-electron chi connectivity index (χ0n) is 27.5. The number of aliphatic carboxylic acids is 1. The fourth-order valence-corrected chi connectivity index (χ4v) is 7.80. The van der Waals surface area contributed by atoms with Crippen molar-refractivity contribution in [1.82, 2.24) is 19.6 Å². The monoisotopic (exact) mass is 758 g/mol. The number of amides is 2. The lowest BCUT2D eigenvalue weighted by molar-refractivity contribution is -0.687. The first-order valence-electron chi connectivity index (χ1n) is 15.7. The maximum Gasteiger partial charge on any atom is 0.356 e. The normalized spacial score (nSPS) is 17.2. The Morgan fingerprint density at radius 2 is 1.79 bits per heavy atom. The first-order valence-corrected chi connectivity index (χ1v) is 18.5. The van der Waals surface area contributed by atoms with Crippen molar-refractivity contribution in [2.24, 2.45) is 5.16 Å². The predicted molar refractivity (Wildman–Crippen MR) is 195 cm³/mol. The van der Waals surface area contributed by atoms with Crippen LogP contribution in [0, 0.1) is 0 Å². The summed E-state index contributed by atoms with van der Waals surface area (Å²) in [7, 11) is 1.27. The fourth-order valence-electron chi connectivity index (χ4n) is 5.45. The van der Waals surface area contributed by atoms with E-state index in [0.29, 0.717) is 17.9 Å². The molecule has 2 atom stereocenters. The minimum absolute atomic E-state index is 0.0369. The molecule has 0 radical (unpaired) electrons. The molecule has 52 heavy (non-hydrogen) atoms. The summed E-state index contributed by atoms with van der Waals surface area (Å²) in [5, 5.41) is 14.9. The summed E-state index contributed by atoms with van der Waals surface area (Å²) in [5.74, 6) is -2.58. The molecule has 0 spiro atoms. The van der Waals surface area contributed by atoms with Crippen molar-refractivity contribution >= 4 is 69.7 Å². The second-order valence-electron chi connectivity index (χ2n) is 11.2. The molecule has 6 rings (SSSR count). The summed E-state index contributed by atoms with van der Waals surface area (Å²) in [5.41, 5.74) is 7.61. The van der Waals surface area contributed by atoms with Gasteiger partial charge in [0.15, 0.2) is 30.2 Å². The number of nitrogens with zero attached hydrogens (tertiary/aromatic N) is 5. The molecule has 2 amide bonds. The van der Waals surface area contributed by atoms with E-state index >= 15 is 0 Å². The van der Waals surface area contributed by atoms with Crippen molar-refractivity contribution in [1.29, 1.82) is 0 Å². The van der Waals surface area contributed by atoms with Crippen molar-refractivity contribution in [3.8, 4) is 0 Å². The third-order valence-corrected chi connectivity index (χ3v) is 10.7. The van der Waals surface area contributed by atoms with Gasteiger partial charge in [-0.1, -0.05) is 71.9 Å². The first-order chi connectivity index (χ1) is 25.2. The third-order valence-electron chi connectivity index (χ3n) is 7.82. The van der Waals surface area contributed by atoms with Crippen molar-refractivity contribution in [2.45, 2.75) is 29.0 Å². The second-order valence-corrected chi connectivity index (χ2v) is 14.2. The van der Waals surface area contributed by atoms with Gasteiger partial charge in [-0.2, -0.15) is 9.36 Å². The molecule has 0 bridgehead atoms. The molecule has 2 aliphatic heterocycles. The van der Waals surface area contributed by atoms with Crippen LogP contribution in [-0.2, 0) is 35.3 Å². The van der Waals surface area contributed by atoms with Gasteiger partial charge in [-0.3, -0.25) is 19.3 Å². The molecule has 0 saturated carbocycles. The lowest BCUT2D eigenvalue weighted by atomic mass is 10.0. The number of rotatable bonds is 14. The van der Waals surface area contributed by atoms with Gasteiger partial charge in [0.25, 0.3) is 11.8 Å². The van der Waals surface area contributed by atoms with Gasteiger partial charge in [-0.05, 0) is 22.8 Å². The number of allylic oxidation sites excluding steroid dienone is 2. The Morgan fingerprint density at radius 1 is 1.12 bits per heavy atom. The number of anilines is 1. The van der Waals surface area contributed by atoms with Crippen LogP contribution in [-0.4, -0.2) is 78.9 Å². The summed E-state index contributed by atoms with van der Waals surface area (Å²) < 4.78 is 12.1. The number of nitrogens with one attached hydrogen (secondary N) is 1. The highest BCUT2D eigenvalue weighted by molar-refractivity contribution is 8.00. The number of fused-ring (bicyclic) bond motifs is 1. The van der Waals surface area contributed by atoms with E-state index in [-0.39, 0.29) is 28.1 Å². The SMILES string of the molecule is CON=C(C(=O)NC1C(=O)N2C(C(=O)OC(c3ccccc3)c3ccccc3)=C(C=CC[n+]3ccc(SCC(=O)O)cc3)CS[C@@H]12)c1nsc(N)n1. The molecule has 1 fully saturated rings. The smallest absolute Gasteiger partial charge is 0.356 e. The first kappa shape index (κ1) is 36.3. The number of carbonyl (C=O) groups is 4. The molecule has 2 aromatic heterocycles. The molecule has 1 unspecified atom stereocenters. The standard InChI is InChI=1S/C35H31N7O7S3/c1-48-39-26(30-38-35(36)52-40-30)31(45)37-27-32(46)42-28(34(47)49-29(21-9-4-2-5-10-21)22-11-6-3-7-12-22)23(19-51-33(27)42)13-8-16-41-17-14-24(15-18-41)50-20-25(43)44/h2-15,17-18,27,29,33H,16,19-20H2,1H3,(H3-,36,37,38,40,43,44,45)/p+1/t27?,33-/m0/s1. The third kappa shape index (κ3) is 8.33. The number of hydrogen-bond acceptors (Lipinski definition) is 13. The quantitative estimate of drug-likeness (QED) is 0.0426. The predicted octanol–water partition coefficient (Wildman–Crippen LogP) is 3.18. The zero-order valence-corrected chi connectivity index (χ0v) is 30.0. The molecule has 2 aliphatic rings. The number of thioether (sulfide) groups is 2. The van der Waals surface area contributed by atoms with Gasteiger partial charge in [0.05, 0.1) is 5.75 Å². The Kier molecular flexibility index (Phi) is 11.6. The van der Waals surface area contributed by atoms with Crippen molar-refractivity contribution in [2.75, 3.05) is 24.3 Å². The summed E-state index contributed by atoms with van der Waals surface area (Å²) in [6.45, 7) is 0.434. The van der Waals surface area contributed by atoms with E-state index < -0.39 is 41.3 Å². The highest BCUT2D eigenvalue weighted by Gasteiger charge is 2.55. The minimum Gasteiger partial charge on any atom is -0.481 e. The van der Waals surface area contributed by atoms with Crippen LogP contribution >= 0.6 is 35.1 Å². The van der Waals surface area contributed by atoms with Crippen LogP contribution in [0.2, 0.25) is 0 Å². The molecular formula is C35H32N7O7S3+. The lowest BCUT2D eigenvalue weighted by Gasteiger charge is -2.49. The molecular weight excluding hydrogens is 727 g/mol. The number of esters is 1. The fraction of sp³-hybridized carbons (Fsp3) is 0.200. The number of carboxylic acids is 1. The van der Waals surface area contributed by atoms with Crippen LogP contribution < -0.4 is 15.6 Å². The van der Waals surface area contributed by atoms with Crippen LogP contribution in [0.1, 0.15) is 23.1 Å². The number of β-lactam (4-membered cyclic amide) rings is 1. The Hall–Kier alpha value is -5.52. The van der Waals surface area contributed by atoms with Gasteiger partial charge in [0.1, 0.15) is 24.2 Å². The Morgan fingerprint density at radius 3 is 2.38 bits per heavy atom. The van der Waals surface area contributed by atoms with Gasteiger partial charge in [-0.15, -0.1) is 23.5 Å². The van der Waals surface area contributed by atoms with Crippen LogP contribution in [0.4, 0.5) is 5.13 Å². The van der Waals surface area contributed by atoms with E-state index in [4.69, 9.17) is 20.4 Å². The molecule has 14 nitrogen and oxygen atoms in total. The van der Waals surface area contributed by atoms with Crippen molar-refractivity contribution < 1.29 is 38.4 Å². The summed E-state index contributed by atoms with van der Waals surface area (Å²) in [6, 6.07) is 21.3. The number of pyridine rings is 1. The van der Waals surface area contributed by atoms with E-state index in [1.54, 1.807) is 6.08 Å². The molecule has 4 aromatic rings. The average molecular weight is 759 g/mol. The van der Waals surface area contributed by atoms with Crippen LogP contribution in [0.5, 0.6) is 0 Å². The molecule has 1 saturated heterocycles. The number of ether oxygens (including phenoxy) is 1. The number of nitrogens with two attached hydrogens (primary N) is 1. The molecule has 4 heterocycles. The van der Waals surface area contributed by atoms with E-state index in [2.05, 4.69) is 19.8 Å². The number of benzene rings is 2. The molecule has 266 valence electrons. The minimum atomic E-state index is -0.990. The Bertz CT molecular complexity index is 2000. The van der Waals surface area contributed by atoms with Crippen molar-refractivity contribution in [3.05, 3.63) is 126 Å². The molecule has 2 aromatic carbocycles. The van der Waals surface area contributed by atoms with E-state index in [9.17, 15) is 19.2 Å². The van der Waals surface area contributed by atoms with Crippen LogP contribution in [0.25, 0.3) is 0 Å². The summed E-state index contributed by atoms with van der Waals surface area (Å²) >= 11 is 3.49. The maximum absolute atomic E-state index is 14.3. The molecule has 17 heteroatoms. The zero-order chi connectivity index (χ0) is 36.6. The second kappa shape index (κ2) is 16.7. The van der Waals surface area contributed by atoms with E-state index in [1.165, 1.54) is 35.5 Å². The summed E-state index contributed by atoms with van der Waals surface area (Å²) in [4.78, 5) is 63.3. The van der Waals surface area contributed by atoms with Crippen molar-refractivity contribution in [3.63, 3.8) is 0 Å². The number of carboxylic acid groups (broad SMARTS) is 1. The van der Waals surface area contributed by atoms with E-state index in [0.717, 1.165) is 27.6 Å². The highest BCUT2D eigenvalue weighted by atomic mass is 32.2. The number of hydrogen-bond donors (Lipinski definition) is 3. The molecule has 4 N–H and O–H groups in total. The van der Waals surface area contributed by atoms with Gasteiger partial charge >= 0.3 is 11.9 Å². The largest absolute Gasteiger partial charge is 0.481 e.